The average Bonchev–Trinajstić information content (AvgIpc) is 3.27. The smallest absolute Gasteiger partial charge is 0.145 e. The SMILES string of the molecule is COc1cccc(OC)c1C1OC(C)C(C=O)N1Cc1nc2ccccc2s1. The van der Waals surface area contributed by atoms with Crippen LogP contribution in [-0.4, -0.2) is 42.5 Å². The number of carbonyl (C=O) groups is 1. The second kappa shape index (κ2) is 7.87. The molecular weight excluding hydrogens is 376 g/mol. The molecule has 1 fully saturated rings. The van der Waals surface area contributed by atoms with Crippen molar-refractivity contribution in [3.05, 3.63) is 53.0 Å². The molecule has 0 aliphatic carbocycles. The number of aromatic nitrogens is 1. The summed E-state index contributed by atoms with van der Waals surface area (Å²) in [5.74, 6) is 1.33. The fraction of sp³-hybridized carbons (Fsp3) is 0.333. The average molecular weight is 398 g/mol. The van der Waals surface area contributed by atoms with E-state index in [2.05, 4.69) is 6.07 Å². The van der Waals surface area contributed by atoms with Gasteiger partial charge in [0, 0.05) is 0 Å². The van der Waals surface area contributed by atoms with Crippen LogP contribution >= 0.6 is 11.3 Å². The molecule has 1 aliphatic heterocycles. The van der Waals surface area contributed by atoms with Crippen LogP contribution in [0.5, 0.6) is 11.5 Å². The van der Waals surface area contributed by atoms with Gasteiger partial charge in [0.2, 0.25) is 0 Å². The van der Waals surface area contributed by atoms with E-state index >= 15 is 0 Å². The van der Waals surface area contributed by atoms with Crippen molar-refractivity contribution in [3.63, 3.8) is 0 Å². The Morgan fingerprint density at radius 2 is 1.86 bits per heavy atom. The van der Waals surface area contributed by atoms with Gasteiger partial charge in [-0.15, -0.1) is 11.3 Å². The van der Waals surface area contributed by atoms with Crippen molar-refractivity contribution in [2.75, 3.05) is 14.2 Å². The maximum Gasteiger partial charge on any atom is 0.145 e. The van der Waals surface area contributed by atoms with Crippen molar-refractivity contribution >= 4 is 27.8 Å². The predicted octanol–water partition coefficient (Wildman–Crippen LogP) is 3.80. The van der Waals surface area contributed by atoms with Gasteiger partial charge in [-0.3, -0.25) is 4.90 Å². The predicted molar refractivity (Wildman–Crippen MR) is 108 cm³/mol. The van der Waals surface area contributed by atoms with Crippen molar-refractivity contribution < 1.29 is 19.0 Å². The molecule has 3 aromatic rings. The van der Waals surface area contributed by atoms with Gasteiger partial charge in [-0.2, -0.15) is 0 Å². The molecule has 2 heterocycles. The third kappa shape index (κ3) is 3.26. The lowest BCUT2D eigenvalue weighted by Crippen LogP contribution is -2.36. The highest BCUT2D eigenvalue weighted by molar-refractivity contribution is 7.18. The maximum atomic E-state index is 11.9. The Morgan fingerprint density at radius 1 is 1.14 bits per heavy atom. The Hall–Kier alpha value is -2.48. The summed E-state index contributed by atoms with van der Waals surface area (Å²) in [6, 6.07) is 13.3. The van der Waals surface area contributed by atoms with E-state index in [1.54, 1.807) is 25.6 Å². The first kappa shape index (κ1) is 18.9. The molecule has 4 rings (SSSR count). The summed E-state index contributed by atoms with van der Waals surface area (Å²) >= 11 is 1.63. The van der Waals surface area contributed by atoms with Crippen LogP contribution in [0.4, 0.5) is 0 Å². The molecule has 0 amide bonds. The van der Waals surface area contributed by atoms with E-state index in [4.69, 9.17) is 19.2 Å². The fourth-order valence-electron chi connectivity index (χ4n) is 3.67. The summed E-state index contributed by atoms with van der Waals surface area (Å²) < 4.78 is 18.5. The molecular formula is C21H22N2O4S. The molecule has 0 N–H and O–H groups in total. The molecule has 28 heavy (non-hydrogen) atoms. The zero-order valence-electron chi connectivity index (χ0n) is 16.0. The Bertz CT molecular complexity index is 934. The molecule has 0 bridgehead atoms. The van der Waals surface area contributed by atoms with Gasteiger partial charge in [0.15, 0.2) is 0 Å². The molecule has 0 radical (unpaired) electrons. The lowest BCUT2D eigenvalue weighted by Gasteiger charge is -2.27. The van der Waals surface area contributed by atoms with Crippen LogP contribution in [0.3, 0.4) is 0 Å². The van der Waals surface area contributed by atoms with Crippen LogP contribution in [0, 0.1) is 0 Å². The highest BCUT2D eigenvalue weighted by Gasteiger charge is 2.43. The Morgan fingerprint density at radius 3 is 2.50 bits per heavy atom. The molecule has 0 spiro atoms. The molecule has 6 nitrogen and oxygen atoms in total. The van der Waals surface area contributed by atoms with Crippen molar-refractivity contribution in [3.8, 4) is 11.5 Å². The molecule has 3 unspecified atom stereocenters. The number of fused-ring (bicyclic) bond motifs is 1. The van der Waals surface area contributed by atoms with Crippen LogP contribution in [0.25, 0.3) is 10.2 Å². The zero-order valence-corrected chi connectivity index (χ0v) is 16.8. The third-order valence-corrected chi connectivity index (χ3v) is 6.04. The number of nitrogens with zero attached hydrogens (tertiary/aromatic N) is 2. The molecule has 1 aliphatic rings. The second-order valence-corrected chi connectivity index (χ2v) is 7.76. The van der Waals surface area contributed by atoms with Crippen molar-refractivity contribution in [1.82, 2.24) is 9.88 Å². The molecule has 2 aromatic carbocycles. The number of para-hydroxylation sites is 1. The first-order valence-corrected chi connectivity index (χ1v) is 9.89. The summed E-state index contributed by atoms with van der Waals surface area (Å²) in [6.07, 6.45) is 0.217. The molecule has 146 valence electrons. The van der Waals surface area contributed by atoms with E-state index in [1.807, 2.05) is 48.2 Å². The minimum Gasteiger partial charge on any atom is -0.496 e. The standard InChI is InChI=1S/C21H22N2O4S/c1-13-15(12-24)23(11-19-22-14-7-4-5-10-18(14)28-19)21(27-13)20-16(25-2)8-6-9-17(20)26-3/h4-10,12-13,15,21H,11H2,1-3H3. The molecule has 0 saturated carbocycles. The van der Waals surface area contributed by atoms with E-state index in [9.17, 15) is 4.79 Å². The van der Waals surface area contributed by atoms with Crippen LogP contribution in [0.1, 0.15) is 23.7 Å². The van der Waals surface area contributed by atoms with Crippen molar-refractivity contribution in [1.29, 1.82) is 0 Å². The van der Waals surface area contributed by atoms with E-state index in [-0.39, 0.29) is 12.1 Å². The number of carbonyl (C=O) groups excluding carboxylic acids is 1. The van der Waals surface area contributed by atoms with Gasteiger partial charge in [-0.05, 0) is 31.2 Å². The minimum absolute atomic E-state index is 0.258. The van der Waals surface area contributed by atoms with Crippen molar-refractivity contribution in [2.45, 2.75) is 31.8 Å². The second-order valence-electron chi connectivity index (χ2n) is 6.64. The number of rotatable bonds is 6. The third-order valence-electron chi connectivity index (χ3n) is 5.02. The largest absolute Gasteiger partial charge is 0.496 e. The maximum absolute atomic E-state index is 11.9. The number of benzene rings is 2. The Kier molecular flexibility index (Phi) is 5.30. The monoisotopic (exact) mass is 398 g/mol. The summed E-state index contributed by atoms with van der Waals surface area (Å²) in [5.41, 5.74) is 1.74. The normalized spacial score (nSPS) is 22.5. The fourth-order valence-corrected chi connectivity index (χ4v) is 4.64. The molecule has 3 atom stereocenters. The zero-order chi connectivity index (χ0) is 19.7. The van der Waals surface area contributed by atoms with Gasteiger partial charge in [-0.25, -0.2) is 4.98 Å². The van der Waals surface area contributed by atoms with Crippen LogP contribution in [0.15, 0.2) is 42.5 Å². The summed E-state index contributed by atoms with van der Waals surface area (Å²) in [6.45, 7) is 2.41. The van der Waals surface area contributed by atoms with E-state index in [0.29, 0.717) is 18.0 Å². The van der Waals surface area contributed by atoms with E-state index in [0.717, 1.165) is 27.1 Å². The molecule has 7 heteroatoms. The first-order valence-electron chi connectivity index (χ1n) is 9.08. The van der Waals surface area contributed by atoms with Gasteiger partial charge in [0.25, 0.3) is 0 Å². The topological polar surface area (TPSA) is 60.9 Å². The quantitative estimate of drug-likeness (QED) is 0.589. The number of hydrogen-bond donors (Lipinski definition) is 0. The van der Waals surface area contributed by atoms with Gasteiger partial charge in [0.1, 0.15) is 29.0 Å². The van der Waals surface area contributed by atoms with E-state index in [1.165, 1.54) is 0 Å². The number of methoxy groups -OCH3 is 2. The lowest BCUT2D eigenvalue weighted by molar-refractivity contribution is -0.112. The minimum atomic E-state index is -0.469. The van der Waals surface area contributed by atoms with Crippen LogP contribution in [-0.2, 0) is 16.1 Å². The highest BCUT2D eigenvalue weighted by atomic mass is 32.1. The van der Waals surface area contributed by atoms with Gasteiger partial charge >= 0.3 is 0 Å². The van der Waals surface area contributed by atoms with Gasteiger partial charge in [0.05, 0.1) is 48.7 Å². The number of thiazole rings is 1. The first-order chi connectivity index (χ1) is 13.7. The summed E-state index contributed by atoms with van der Waals surface area (Å²) in [4.78, 5) is 18.6. The number of hydrogen-bond acceptors (Lipinski definition) is 7. The van der Waals surface area contributed by atoms with Gasteiger partial charge in [-0.1, -0.05) is 18.2 Å². The van der Waals surface area contributed by atoms with Crippen LogP contribution in [0.2, 0.25) is 0 Å². The summed E-state index contributed by atoms with van der Waals surface area (Å²) in [7, 11) is 3.23. The van der Waals surface area contributed by atoms with Crippen molar-refractivity contribution in [2.24, 2.45) is 0 Å². The Labute approximate surface area is 167 Å². The lowest BCUT2D eigenvalue weighted by atomic mass is 10.1. The highest BCUT2D eigenvalue weighted by Crippen LogP contribution is 2.44. The number of aldehydes is 1. The molecule has 1 aromatic heterocycles. The van der Waals surface area contributed by atoms with E-state index < -0.39 is 6.23 Å². The van der Waals surface area contributed by atoms with Gasteiger partial charge < -0.3 is 19.0 Å². The summed E-state index contributed by atoms with van der Waals surface area (Å²) in [5, 5.41) is 0.935. The Balaban J connectivity index is 1.75. The number of ether oxygens (including phenoxy) is 3. The molecule has 1 saturated heterocycles. The van der Waals surface area contributed by atoms with Crippen LogP contribution < -0.4 is 9.47 Å².